The number of allylic oxidation sites excluding steroid dienone is 1. The minimum absolute atomic E-state index is 0.00454. The molecular formula is C19H26O2. The Morgan fingerprint density at radius 2 is 1.86 bits per heavy atom. The standard InChI is InChI=1S/C19H26O2/c1-3-19(2,21)17(15-10-6-4-7-11-15)14-18(20)16-12-8-5-9-13-16/h5,8-9,12-15,21H,3-4,6-7,10-11H2,1-2H3/b17-14-. The van der Waals surface area contributed by atoms with E-state index >= 15 is 0 Å². The maximum atomic E-state index is 12.5. The number of carbonyl (C=O) groups is 1. The Labute approximate surface area is 127 Å². The second-order valence-electron chi connectivity index (χ2n) is 6.29. The number of hydrogen-bond acceptors (Lipinski definition) is 2. The number of hydrogen-bond donors (Lipinski definition) is 1. The van der Waals surface area contributed by atoms with E-state index in [1.54, 1.807) is 6.08 Å². The summed E-state index contributed by atoms with van der Waals surface area (Å²) in [5, 5.41) is 10.7. The highest BCUT2D eigenvalue weighted by Gasteiger charge is 2.31. The van der Waals surface area contributed by atoms with Crippen molar-refractivity contribution in [3.05, 3.63) is 47.5 Å². The van der Waals surface area contributed by atoms with Gasteiger partial charge in [-0.15, -0.1) is 0 Å². The van der Waals surface area contributed by atoms with Crippen molar-refractivity contribution in [1.29, 1.82) is 0 Å². The molecule has 1 atom stereocenters. The lowest BCUT2D eigenvalue weighted by Gasteiger charge is -2.33. The summed E-state index contributed by atoms with van der Waals surface area (Å²) in [5.41, 5.74) is 0.739. The fourth-order valence-corrected chi connectivity index (χ4v) is 3.16. The highest BCUT2D eigenvalue weighted by atomic mass is 16.3. The lowest BCUT2D eigenvalue weighted by atomic mass is 9.75. The Morgan fingerprint density at radius 3 is 2.43 bits per heavy atom. The zero-order valence-corrected chi connectivity index (χ0v) is 13.1. The van der Waals surface area contributed by atoms with Gasteiger partial charge in [-0.05, 0) is 43.8 Å². The average molecular weight is 286 g/mol. The Morgan fingerprint density at radius 1 is 1.24 bits per heavy atom. The minimum atomic E-state index is -0.882. The van der Waals surface area contributed by atoms with E-state index in [1.807, 2.05) is 44.2 Å². The van der Waals surface area contributed by atoms with Gasteiger partial charge < -0.3 is 5.11 Å². The molecule has 1 aliphatic carbocycles. The van der Waals surface area contributed by atoms with Crippen LogP contribution in [0.25, 0.3) is 0 Å². The van der Waals surface area contributed by atoms with Crippen LogP contribution in [0.1, 0.15) is 62.7 Å². The number of ketones is 1. The quantitative estimate of drug-likeness (QED) is 0.637. The third-order valence-corrected chi connectivity index (χ3v) is 4.70. The van der Waals surface area contributed by atoms with E-state index in [1.165, 1.54) is 19.3 Å². The van der Waals surface area contributed by atoms with Crippen molar-refractivity contribution in [1.82, 2.24) is 0 Å². The van der Waals surface area contributed by atoms with Crippen LogP contribution in [-0.2, 0) is 0 Å². The summed E-state index contributed by atoms with van der Waals surface area (Å²) in [7, 11) is 0. The van der Waals surface area contributed by atoms with Crippen LogP contribution in [-0.4, -0.2) is 16.5 Å². The molecule has 0 aromatic heterocycles. The lowest BCUT2D eigenvalue weighted by Crippen LogP contribution is -2.32. The van der Waals surface area contributed by atoms with Crippen molar-refractivity contribution < 1.29 is 9.90 Å². The van der Waals surface area contributed by atoms with Crippen LogP contribution < -0.4 is 0 Å². The van der Waals surface area contributed by atoms with Crippen LogP contribution in [0, 0.1) is 5.92 Å². The molecule has 0 bridgehead atoms. The normalized spacial score (nSPS) is 20.0. The maximum absolute atomic E-state index is 12.5. The van der Waals surface area contributed by atoms with Crippen LogP contribution in [0.3, 0.4) is 0 Å². The molecule has 2 heteroatoms. The van der Waals surface area contributed by atoms with Gasteiger partial charge in [-0.25, -0.2) is 0 Å². The molecule has 0 spiro atoms. The van der Waals surface area contributed by atoms with Gasteiger partial charge in [0.05, 0.1) is 5.60 Å². The first-order valence-electron chi connectivity index (χ1n) is 8.08. The van der Waals surface area contributed by atoms with Crippen LogP contribution in [0.4, 0.5) is 0 Å². The highest BCUT2D eigenvalue weighted by Crippen LogP contribution is 2.36. The van der Waals surface area contributed by atoms with Gasteiger partial charge in [-0.2, -0.15) is 0 Å². The predicted octanol–water partition coefficient (Wildman–Crippen LogP) is 4.54. The second-order valence-corrected chi connectivity index (χ2v) is 6.29. The molecule has 1 N–H and O–H groups in total. The molecule has 0 aliphatic heterocycles. The van der Waals surface area contributed by atoms with Crippen molar-refractivity contribution in [3.8, 4) is 0 Å². The SMILES string of the molecule is CCC(C)(O)/C(=C\C(=O)c1ccccc1)C1CCCCC1. The molecule has 1 fully saturated rings. The Bertz CT molecular complexity index is 494. The van der Waals surface area contributed by atoms with Crippen LogP contribution in [0.2, 0.25) is 0 Å². The van der Waals surface area contributed by atoms with Crippen molar-refractivity contribution in [2.24, 2.45) is 5.92 Å². The zero-order chi connectivity index (χ0) is 15.3. The third kappa shape index (κ3) is 4.04. The largest absolute Gasteiger partial charge is 0.386 e. The molecular weight excluding hydrogens is 260 g/mol. The molecule has 1 aliphatic rings. The van der Waals surface area contributed by atoms with Crippen LogP contribution >= 0.6 is 0 Å². The molecule has 2 rings (SSSR count). The summed E-state index contributed by atoms with van der Waals surface area (Å²) in [6.07, 6.45) is 8.17. The summed E-state index contributed by atoms with van der Waals surface area (Å²) in [4.78, 5) is 12.5. The molecule has 2 nitrogen and oxygen atoms in total. The molecule has 21 heavy (non-hydrogen) atoms. The van der Waals surface area contributed by atoms with Gasteiger partial charge >= 0.3 is 0 Å². The summed E-state index contributed by atoms with van der Waals surface area (Å²) < 4.78 is 0. The Balaban J connectivity index is 2.30. The zero-order valence-electron chi connectivity index (χ0n) is 13.1. The van der Waals surface area contributed by atoms with Gasteiger partial charge in [0.15, 0.2) is 5.78 Å². The fourth-order valence-electron chi connectivity index (χ4n) is 3.16. The number of aliphatic hydroxyl groups is 1. The van der Waals surface area contributed by atoms with Gasteiger partial charge in [0, 0.05) is 5.56 Å². The van der Waals surface area contributed by atoms with E-state index < -0.39 is 5.60 Å². The second kappa shape index (κ2) is 7.04. The Hall–Kier alpha value is -1.41. The molecule has 1 aromatic carbocycles. The smallest absolute Gasteiger partial charge is 0.185 e. The monoisotopic (exact) mass is 286 g/mol. The number of carbonyl (C=O) groups excluding carboxylic acids is 1. The van der Waals surface area contributed by atoms with Gasteiger partial charge in [-0.1, -0.05) is 56.5 Å². The van der Waals surface area contributed by atoms with E-state index in [9.17, 15) is 9.90 Å². The predicted molar refractivity (Wildman–Crippen MR) is 86.3 cm³/mol. The molecule has 0 saturated heterocycles. The topological polar surface area (TPSA) is 37.3 Å². The van der Waals surface area contributed by atoms with Crippen molar-refractivity contribution >= 4 is 5.78 Å². The van der Waals surface area contributed by atoms with E-state index in [2.05, 4.69) is 0 Å². The van der Waals surface area contributed by atoms with E-state index in [0.717, 1.165) is 18.4 Å². The van der Waals surface area contributed by atoms with Gasteiger partial charge in [-0.3, -0.25) is 4.79 Å². The maximum Gasteiger partial charge on any atom is 0.185 e. The molecule has 0 amide bonds. The first kappa shape index (κ1) is 16.0. The van der Waals surface area contributed by atoms with Gasteiger partial charge in [0.1, 0.15) is 0 Å². The molecule has 114 valence electrons. The van der Waals surface area contributed by atoms with Crippen molar-refractivity contribution in [2.75, 3.05) is 0 Å². The first-order chi connectivity index (χ1) is 10.0. The lowest BCUT2D eigenvalue weighted by molar-refractivity contribution is 0.0768. The van der Waals surface area contributed by atoms with Crippen LogP contribution in [0.15, 0.2) is 42.0 Å². The van der Waals surface area contributed by atoms with Crippen molar-refractivity contribution in [3.63, 3.8) is 0 Å². The van der Waals surface area contributed by atoms with Crippen molar-refractivity contribution in [2.45, 2.75) is 58.0 Å². The summed E-state index contributed by atoms with van der Waals surface area (Å²) in [6.45, 7) is 3.81. The molecule has 1 saturated carbocycles. The first-order valence-corrected chi connectivity index (χ1v) is 8.08. The number of benzene rings is 1. The molecule has 0 radical (unpaired) electrons. The van der Waals surface area contributed by atoms with Gasteiger partial charge in [0.2, 0.25) is 0 Å². The highest BCUT2D eigenvalue weighted by molar-refractivity contribution is 6.05. The minimum Gasteiger partial charge on any atom is -0.386 e. The van der Waals surface area contributed by atoms with E-state index in [0.29, 0.717) is 17.9 Å². The number of rotatable bonds is 5. The average Bonchev–Trinajstić information content (AvgIpc) is 2.54. The van der Waals surface area contributed by atoms with E-state index in [-0.39, 0.29) is 5.78 Å². The molecule has 0 heterocycles. The summed E-state index contributed by atoms with van der Waals surface area (Å²) >= 11 is 0. The fraction of sp³-hybridized carbons (Fsp3) is 0.526. The molecule has 1 aromatic rings. The summed E-state index contributed by atoms with van der Waals surface area (Å²) in [5.74, 6) is 0.353. The Kier molecular flexibility index (Phi) is 5.35. The van der Waals surface area contributed by atoms with Crippen LogP contribution in [0.5, 0.6) is 0 Å². The third-order valence-electron chi connectivity index (χ3n) is 4.70. The summed E-state index contributed by atoms with van der Waals surface area (Å²) in [6, 6.07) is 9.32. The van der Waals surface area contributed by atoms with E-state index in [4.69, 9.17) is 0 Å². The molecule has 1 unspecified atom stereocenters. The van der Waals surface area contributed by atoms with Gasteiger partial charge in [0.25, 0.3) is 0 Å².